The van der Waals surface area contributed by atoms with Crippen molar-refractivity contribution in [1.29, 1.82) is 0 Å². The molecule has 0 atom stereocenters. The summed E-state index contributed by atoms with van der Waals surface area (Å²) >= 11 is 3.60. The maximum Gasteiger partial charge on any atom is 0.229 e. The summed E-state index contributed by atoms with van der Waals surface area (Å²) in [7, 11) is -1.59. The molecular weight excluding hydrogens is 426 g/mol. The number of halogens is 1. The number of allylic oxidation sites excluding steroid dienone is 1. The summed E-state index contributed by atoms with van der Waals surface area (Å²) < 4.78 is 31.9. The zero-order chi connectivity index (χ0) is 20.4. The third-order valence-corrected chi connectivity index (χ3v) is 5.17. The second kappa shape index (κ2) is 8.07. The van der Waals surface area contributed by atoms with Gasteiger partial charge in [0, 0.05) is 21.3 Å². The summed E-state index contributed by atoms with van der Waals surface area (Å²) in [6.07, 6.45) is 3.22. The lowest BCUT2D eigenvalue weighted by atomic mass is 9.85. The van der Waals surface area contributed by atoms with Gasteiger partial charge in [-0.25, -0.2) is 8.42 Å². The molecule has 0 bridgehead atoms. The molecule has 2 rings (SSSR count). The number of benzene rings is 2. The first-order valence-corrected chi connectivity index (χ1v) is 11.2. The Morgan fingerprint density at radius 1 is 1.15 bits per heavy atom. The van der Waals surface area contributed by atoms with Crippen LogP contribution in [0.25, 0.3) is 11.6 Å². The zero-order valence-corrected chi connectivity index (χ0v) is 19.0. The summed E-state index contributed by atoms with van der Waals surface area (Å²) in [6.45, 7) is 8.50. The summed E-state index contributed by atoms with van der Waals surface area (Å²) in [5.74, 6) is 0.861. The molecule has 0 spiro atoms. The molecule has 0 aliphatic heterocycles. The first kappa shape index (κ1) is 21.5. The number of hydrogen-bond acceptors (Lipinski definition) is 3. The predicted molar refractivity (Wildman–Crippen MR) is 118 cm³/mol. The fourth-order valence-electron chi connectivity index (χ4n) is 2.84. The number of methoxy groups -OCH3 is 1. The van der Waals surface area contributed by atoms with Crippen molar-refractivity contribution in [1.82, 2.24) is 0 Å². The van der Waals surface area contributed by atoms with E-state index in [2.05, 4.69) is 53.6 Å². The lowest BCUT2D eigenvalue weighted by molar-refractivity contribution is 0.396. The molecule has 0 fully saturated rings. The molecule has 2 aromatic carbocycles. The standard InChI is InChI=1S/C21H26BrNO3S/c1-14(15-7-9-18(10-8-15)23-27(6,24)25)11-16-12-17(22)13-19(20(16)26-5)21(2,3)4/h7-13,23H,1-6H3/b14-11+. The Bertz CT molecular complexity index is 956. The van der Waals surface area contributed by atoms with E-state index in [1.165, 1.54) is 0 Å². The van der Waals surface area contributed by atoms with Gasteiger partial charge in [0.2, 0.25) is 10.0 Å². The summed E-state index contributed by atoms with van der Waals surface area (Å²) in [5.41, 5.74) is 4.68. The molecule has 0 heterocycles. The third-order valence-electron chi connectivity index (χ3n) is 4.11. The van der Waals surface area contributed by atoms with Crippen LogP contribution >= 0.6 is 15.9 Å². The Morgan fingerprint density at radius 3 is 2.22 bits per heavy atom. The number of sulfonamides is 1. The van der Waals surface area contributed by atoms with Crippen molar-refractivity contribution >= 4 is 43.3 Å². The molecular formula is C21H26BrNO3S. The van der Waals surface area contributed by atoms with Crippen molar-refractivity contribution in [3.05, 3.63) is 57.6 Å². The average Bonchev–Trinajstić information content (AvgIpc) is 2.52. The topological polar surface area (TPSA) is 55.4 Å². The fourth-order valence-corrected chi connectivity index (χ4v) is 3.88. The van der Waals surface area contributed by atoms with Crippen molar-refractivity contribution in [2.75, 3.05) is 18.1 Å². The molecule has 1 N–H and O–H groups in total. The Morgan fingerprint density at radius 2 is 1.74 bits per heavy atom. The third kappa shape index (κ3) is 5.84. The van der Waals surface area contributed by atoms with Crippen molar-refractivity contribution in [3.63, 3.8) is 0 Å². The van der Waals surface area contributed by atoms with Gasteiger partial charge in [0.15, 0.2) is 0 Å². The van der Waals surface area contributed by atoms with Crippen molar-refractivity contribution < 1.29 is 13.2 Å². The van der Waals surface area contributed by atoms with Crippen LogP contribution in [0.2, 0.25) is 0 Å². The molecule has 0 aromatic heterocycles. The summed E-state index contributed by atoms with van der Waals surface area (Å²) in [4.78, 5) is 0. The van der Waals surface area contributed by atoms with E-state index in [4.69, 9.17) is 4.74 Å². The fraction of sp³-hybridized carbons (Fsp3) is 0.333. The van der Waals surface area contributed by atoms with Gasteiger partial charge >= 0.3 is 0 Å². The van der Waals surface area contributed by atoms with Gasteiger partial charge in [-0.1, -0.05) is 48.8 Å². The van der Waals surface area contributed by atoms with Crippen LogP contribution < -0.4 is 9.46 Å². The van der Waals surface area contributed by atoms with Crippen LogP contribution in [0, 0.1) is 0 Å². The van der Waals surface area contributed by atoms with Gasteiger partial charge in [-0.2, -0.15) is 0 Å². The first-order chi connectivity index (χ1) is 12.4. The second-order valence-electron chi connectivity index (χ2n) is 7.60. The Kier molecular flexibility index (Phi) is 6.43. The Labute approximate surface area is 170 Å². The molecule has 6 heteroatoms. The van der Waals surface area contributed by atoms with Crippen molar-refractivity contribution in [2.24, 2.45) is 0 Å². The van der Waals surface area contributed by atoms with E-state index in [9.17, 15) is 8.42 Å². The van der Waals surface area contributed by atoms with Gasteiger partial charge < -0.3 is 4.74 Å². The highest BCUT2D eigenvalue weighted by atomic mass is 79.9. The van der Waals surface area contributed by atoms with Gasteiger partial charge in [-0.05, 0) is 53.8 Å². The zero-order valence-electron chi connectivity index (χ0n) is 16.6. The minimum Gasteiger partial charge on any atom is -0.496 e. The minimum absolute atomic E-state index is 0.0510. The van der Waals surface area contributed by atoms with Gasteiger partial charge in [0.1, 0.15) is 5.75 Å². The smallest absolute Gasteiger partial charge is 0.229 e. The highest BCUT2D eigenvalue weighted by Gasteiger charge is 2.21. The number of ether oxygens (including phenoxy) is 1. The van der Waals surface area contributed by atoms with Crippen LogP contribution in [0.3, 0.4) is 0 Å². The first-order valence-electron chi connectivity index (χ1n) is 8.55. The van der Waals surface area contributed by atoms with Crippen LogP contribution in [-0.2, 0) is 15.4 Å². The molecule has 4 nitrogen and oxygen atoms in total. The monoisotopic (exact) mass is 451 g/mol. The molecule has 0 amide bonds. The predicted octanol–water partition coefficient (Wildman–Crippen LogP) is 5.69. The van der Waals surface area contributed by atoms with Crippen LogP contribution in [0.1, 0.15) is 44.4 Å². The van der Waals surface area contributed by atoms with E-state index in [-0.39, 0.29) is 5.41 Å². The van der Waals surface area contributed by atoms with Gasteiger partial charge in [0.05, 0.1) is 13.4 Å². The van der Waals surface area contributed by atoms with E-state index >= 15 is 0 Å². The van der Waals surface area contributed by atoms with Crippen LogP contribution in [0.4, 0.5) is 5.69 Å². The molecule has 0 unspecified atom stereocenters. The molecule has 146 valence electrons. The maximum atomic E-state index is 11.3. The summed E-state index contributed by atoms with van der Waals surface area (Å²) in [6, 6.07) is 11.4. The number of rotatable bonds is 5. The SMILES string of the molecule is COc1c(/C=C(\C)c2ccc(NS(C)(=O)=O)cc2)cc(Br)cc1C(C)(C)C. The molecule has 0 saturated carbocycles. The maximum absolute atomic E-state index is 11.3. The number of anilines is 1. The van der Waals surface area contributed by atoms with Gasteiger partial charge in [-0.15, -0.1) is 0 Å². The van der Waals surface area contributed by atoms with E-state index in [1.54, 1.807) is 19.2 Å². The van der Waals surface area contributed by atoms with E-state index < -0.39 is 10.0 Å². The van der Waals surface area contributed by atoms with Crippen LogP contribution in [0.15, 0.2) is 40.9 Å². The van der Waals surface area contributed by atoms with E-state index in [0.29, 0.717) is 5.69 Å². The number of hydrogen-bond donors (Lipinski definition) is 1. The minimum atomic E-state index is -3.28. The Balaban J connectivity index is 2.45. The van der Waals surface area contributed by atoms with Crippen LogP contribution in [-0.4, -0.2) is 21.8 Å². The van der Waals surface area contributed by atoms with Crippen molar-refractivity contribution in [3.8, 4) is 5.75 Å². The highest BCUT2D eigenvalue weighted by molar-refractivity contribution is 9.10. The largest absolute Gasteiger partial charge is 0.496 e. The Hall–Kier alpha value is -1.79. The van der Waals surface area contributed by atoms with E-state index in [1.807, 2.05) is 25.1 Å². The normalized spacial score (nSPS) is 12.8. The van der Waals surface area contributed by atoms with Gasteiger partial charge in [0.25, 0.3) is 0 Å². The van der Waals surface area contributed by atoms with Crippen LogP contribution in [0.5, 0.6) is 5.75 Å². The molecule has 0 radical (unpaired) electrons. The average molecular weight is 452 g/mol. The molecule has 0 aliphatic rings. The lowest BCUT2D eigenvalue weighted by Crippen LogP contribution is -2.13. The van der Waals surface area contributed by atoms with Gasteiger partial charge in [-0.3, -0.25) is 4.72 Å². The summed E-state index contributed by atoms with van der Waals surface area (Å²) in [5, 5.41) is 0. The number of nitrogens with one attached hydrogen (secondary N) is 1. The van der Waals surface area contributed by atoms with E-state index in [0.717, 1.165) is 38.7 Å². The van der Waals surface area contributed by atoms with Crippen molar-refractivity contribution in [2.45, 2.75) is 33.1 Å². The second-order valence-corrected chi connectivity index (χ2v) is 10.3. The quantitative estimate of drug-likeness (QED) is 0.594. The highest BCUT2D eigenvalue weighted by Crippen LogP contribution is 2.38. The molecule has 0 aliphatic carbocycles. The lowest BCUT2D eigenvalue weighted by Gasteiger charge is -2.24. The molecule has 0 saturated heterocycles. The molecule has 27 heavy (non-hydrogen) atoms. The molecule has 2 aromatic rings.